The van der Waals surface area contributed by atoms with Crippen molar-refractivity contribution in [3.63, 3.8) is 0 Å². The van der Waals surface area contributed by atoms with Crippen molar-refractivity contribution in [2.75, 3.05) is 6.61 Å². The molecule has 0 aliphatic carbocycles. The Morgan fingerprint density at radius 2 is 2.38 bits per heavy atom. The van der Waals surface area contributed by atoms with Gasteiger partial charge in [0.15, 0.2) is 0 Å². The summed E-state index contributed by atoms with van der Waals surface area (Å²) in [5, 5.41) is 0. The number of aryl methyl sites for hydroxylation is 1. The second-order valence-electron chi connectivity index (χ2n) is 3.38. The van der Waals surface area contributed by atoms with Crippen LogP contribution in [0.15, 0.2) is 29.2 Å². The van der Waals surface area contributed by atoms with Crippen LogP contribution in [0.25, 0.3) is 0 Å². The Morgan fingerprint density at radius 3 is 3.08 bits per heavy atom. The van der Waals surface area contributed by atoms with E-state index in [1.807, 2.05) is 11.8 Å². The maximum absolute atomic E-state index is 5.56. The average Bonchev–Trinajstić information content (AvgIpc) is 2.57. The van der Waals surface area contributed by atoms with Crippen molar-refractivity contribution in [1.29, 1.82) is 0 Å². The number of hydrogen-bond acceptors (Lipinski definition) is 2. The highest BCUT2D eigenvalue weighted by molar-refractivity contribution is 7.99. The molecule has 0 spiro atoms. The van der Waals surface area contributed by atoms with E-state index in [0.29, 0.717) is 5.44 Å². The van der Waals surface area contributed by atoms with Gasteiger partial charge in [-0.15, -0.1) is 0 Å². The first-order valence-corrected chi connectivity index (χ1v) is 5.57. The first kappa shape index (κ1) is 9.10. The summed E-state index contributed by atoms with van der Waals surface area (Å²) in [5.41, 5.74) is 1.71. The minimum Gasteiger partial charge on any atom is -0.367 e. The lowest BCUT2D eigenvalue weighted by molar-refractivity contribution is 0.173. The highest BCUT2D eigenvalue weighted by atomic mass is 32.2. The molecule has 1 saturated heterocycles. The van der Waals surface area contributed by atoms with Crippen molar-refractivity contribution in [3.8, 4) is 0 Å². The quantitative estimate of drug-likeness (QED) is 0.715. The van der Waals surface area contributed by atoms with Crippen LogP contribution in [0.1, 0.15) is 18.4 Å². The fourth-order valence-electron chi connectivity index (χ4n) is 1.48. The number of ether oxygens (including phenoxy) is 1. The normalized spacial score (nSPS) is 22.1. The first-order chi connectivity index (χ1) is 6.34. The van der Waals surface area contributed by atoms with Gasteiger partial charge >= 0.3 is 0 Å². The Morgan fingerprint density at radius 1 is 1.46 bits per heavy atom. The molecule has 2 heteroatoms. The average molecular weight is 194 g/mol. The zero-order chi connectivity index (χ0) is 9.10. The largest absolute Gasteiger partial charge is 0.367 e. The zero-order valence-corrected chi connectivity index (χ0v) is 8.64. The molecule has 1 heterocycles. The lowest BCUT2D eigenvalue weighted by atomic mass is 10.2. The summed E-state index contributed by atoms with van der Waals surface area (Å²) >= 11 is 1.84. The summed E-state index contributed by atoms with van der Waals surface area (Å²) < 4.78 is 5.56. The van der Waals surface area contributed by atoms with Crippen LogP contribution in [0.4, 0.5) is 0 Å². The van der Waals surface area contributed by atoms with E-state index >= 15 is 0 Å². The Hall–Kier alpha value is -0.470. The second-order valence-corrected chi connectivity index (χ2v) is 4.61. The van der Waals surface area contributed by atoms with Crippen molar-refractivity contribution in [1.82, 2.24) is 0 Å². The van der Waals surface area contributed by atoms with Gasteiger partial charge in [0.1, 0.15) is 5.44 Å². The number of benzene rings is 1. The summed E-state index contributed by atoms with van der Waals surface area (Å²) in [6.07, 6.45) is 2.40. The van der Waals surface area contributed by atoms with E-state index in [1.165, 1.54) is 23.3 Å². The summed E-state index contributed by atoms with van der Waals surface area (Å²) in [6, 6.07) is 8.60. The van der Waals surface area contributed by atoms with E-state index in [1.54, 1.807) is 0 Å². The molecule has 1 aliphatic rings. The molecule has 1 nitrogen and oxygen atoms in total. The molecule has 1 aromatic rings. The van der Waals surface area contributed by atoms with Crippen molar-refractivity contribution in [3.05, 3.63) is 29.8 Å². The maximum Gasteiger partial charge on any atom is 0.107 e. The van der Waals surface area contributed by atoms with Gasteiger partial charge in [-0.25, -0.2) is 0 Å². The van der Waals surface area contributed by atoms with E-state index in [2.05, 4.69) is 31.2 Å². The van der Waals surface area contributed by atoms with Gasteiger partial charge in [0.05, 0.1) is 0 Å². The van der Waals surface area contributed by atoms with Crippen LogP contribution < -0.4 is 0 Å². The zero-order valence-electron chi connectivity index (χ0n) is 7.82. The van der Waals surface area contributed by atoms with Crippen molar-refractivity contribution < 1.29 is 4.74 Å². The lowest BCUT2D eigenvalue weighted by Crippen LogP contribution is -1.97. The molecule has 0 bridgehead atoms. The fourth-order valence-corrected chi connectivity index (χ4v) is 2.64. The van der Waals surface area contributed by atoms with Gasteiger partial charge in [-0.1, -0.05) is 29.5 Å². The number of thioether (sulfide) groups is 1. The SMILES string of the molecule is Cc1cccc(SC2CCCO2)c1. The predicted molar refractivity (Wildman–Crippen MR) is 56.0 cm³/mol. The molecule has 1 unspecified atom stereocenters. The number of hydrogen-bond donors (Lipinski definition) is 0. The fraction of sp³-hybridized carbons (Fsp3) is 0.455. The van der Waals surface area contributed by atoms with Gasteiger partial charge in [-0.3, -0.25) is 0 Å². The van der Waals surface area contributed by atoms with Crippen LogP contribution in [0, 0.1) is 6.92 Å². The van der Waals surface area contributed by atoms with Gasteiger partial charge in [-0.2, -0.15) is 0 Å². The third-order valence-electron chi connectivity index (χ3n) is 2.14. The van der Waals surface area contributed by atoms with Crippen LogP contribution in [-0.4, -0.2) is 12.0 Å². The molecule has 0 aromatic heterocycles. The monoisotopic (exact) mass is 194 g/mol. The van der Waals surface area contributed by atoms with Crippen molar-refractivity contribution >= 4 is 11.8 Å². The Bertz CT molecular complexity index is 279. The molecule has 70 valence electrons. The molecule has 1 fully saturated rings. The van der Waals surface area contributed by atoms with Gasteiger partial charge in [0, 0.05) is 11.5 Å². The molecule has 1 aromatic carbocycles. The Balaban J connectivity index is 2.00. The molecular formula is C11H14OS. The van der Waals surface area contributed by atoms with E-state index in [4.69, 9.17) is 4.74 Å². The standard InChI is InChI=1S/C11H14OS/c1-9-4-2-5-10(8-9)13-11-6-3-7-12-11/h2,4-5,8,11H,3,6-7H2,1H3. The summed E-state index contributed by atoms with van der Waals surface area (Å²) in [7, 11) is 0. The maximum atomic E-state index is 5.56. The third-order valence-corrected chi connectivity index (χ3v) is 3.31. The van der Waals surface area contributed by atoms with Crippen LogP contribution in [0.5, 0.6) is 0 Å². The molecule has 0 N–H and O–H groups in total. The molecular weight excluding hydrogens is 180 g/mol. The smallest absolute Gasteiger partial charge is 0.107 e. The predicted octanol–water partition coefficient (Wildman–Crippen LogP) is 3.22. The Kier molecular flexibility index (Phi) is 2.91. The summed E-state index contributed by atoms with van der Waals surface area (Å²) in [6.45, 7) is 3.06. The number of rotatable bonds is 2. The van der Waals surface area contributed by atoms with Crippen LogP contribution in [0.3, 0.4) is 0 Å². The summed E-state index contributed by atoms with van der Waals surface area (Å²) in [5.74, 6) is 0. The molecule has 13 heavy (non-hydrogen) atoms. The van der Waals surface area contributed by atoms with E-state index in [0.717, 1.165) is 6.61 Å². The van der Waals surface area contributed by atoms with Crippen molar-refractivity contribution in [2.45, 2.75) is 30.1 Å². The molecule has 1 aliphatic heterocycles. The van der Waals surface area contributed by atoms with Crippen LogP contribution in [0.2, 0.25) is 0 Å². The molecule has 0 amide bonds. The van der Waals surface area contributed by atoms with Gasteiger partial charge in [-0.05, 0) is 31.9 Å². The van der Waals surface area contributed by atoms with E-state index in [9.17, 15) is 0 Å². The van der Waals surface area contributed by atoms with E-state index < -0.39 is 0 Å². The molecule has 0 radical (unpaired) electrons. The lowest BCUT2D eigenvalue weighted by Gasteiger charge is -2.08. The Labute approximate surface area is 83.5 Å². The minimum absolute atomic E-state index is 0.391. The second kappa shape index (κ2) is 4.16. The first-order valence-electron chi connectivity index (χ1n) is 4.69. The van der Waals surface area contributed by atoms with Crippen molar-refractivity contribution in [2.24, 2.45) is 0 Å². The molecule has 0 saturated carbocycles. The molecule has 2 rings (SSSR count). The highest BCUT2D eigenvalue weighted by Crippen LogP contribution is 2.30. The highest BCUT2D eigenvalue weighted by Gasteiger charge is 2.16. The van der Waals surface area contributed by atoms with Crippen LogP contribution >= 0.6 is 11.8 Å². The minimum atomic E-state index is 0.391. The van der Waals surface area contributed by atoms with Gasteiger partial charge in [0.25, 0.3) is 0 Å². The van der Waals surface area contributed by atoms with Gasteiger partial charge in [0.2, 0.25) is 0 Å². The van der Waals surface area contributed by atoms with E-state index in [-0.39, 0.29) is 0 Å². The summed E-state index contributed by atoms with van der Waals surface area (Å²) in [4.78, 5) is 1.33. The molecule has 1 atom stereocenters. The van der Waals surface area contributed by atoms with Crippen LogP contribution in [-0.2, 0) is 4.74 Å². The topological polar surface area (TPSA) is 9.23 Å². The third kappa shape index (κ3) is 2.48. The van der Waals surface area contributed by atoms with Gasteiger partial charge < -0.3 is 4.74 Å².